The summed E-state index contributed by atoms with van der Waals surface area (Å²) in [6.45, 7) is 4.10. The molecule has 0 atom stereocenters. The first-order chi connectivity index (χ1) is 10.0. The average Bonchev–Trinajstić information content (AvgIpc) is 3.02. The summed E-state index contributed by atoms with van der Waals surface area (Å²) in [6.07, 6.45) is 0.992. The predicted octanol–water partition coefficient (Wildman–Crippen LogP) is 1.41. The van der Waals surface area contributed by atoms with Crippen LogP contribution in [-0.2, 0) is 11.2 Å². The van der Waals surface area contributed by atoms with Gasteiger partial charge in [-0.05, 0) is 31.9 Å². The number of aromatic amines is 1. The molecule has 2 aromatic rings. The van der Waals surface area contributed by atoms with E-state index < -0.39 is 5.91 Å². The van der Waals surface area contributed by atoms with Crippen LogP contribution in [0.2, 0.25) is 0 Å². The zero-order valence-corrected chi connectivity index (χ0v) is 12.9. The van der Waals surface area contributed by atoms with E-state index in [1.807, 2.05) is 13.8 Å². The highest BCUT2D eigenvalue weighted by Gasteiger charge is 2.17. The van der Waals surface area contributed by atoms with Crippen molar-refractivity contribution in [1.29, 1.82) is 0 Å². The van der Waals surface area contributed by atoms with Crippen LogP contribution in [0.25, 0.3) is 0 Å². The molecule has 7 nitrogen and oxygen atoms in total. The Bertz CT molecular complexity index is 661. The number of aromatic nitrogens is 3. The van der Waals surface area contributed by atoms with Crippen molar-refractivity contribution in [3.05, 3.63) is 27.1 Å². The third kappa shape index (κ3) is 3.66. The Kier molecular flexibility index (Phi) is 4.69. The molecule has 0 saturated heterocycles. The van der Waals surface area contributed by atoms with Crippen LogP contribution in [0.3, 0.4) is 0 Å². The Balaban J connectivity index is 1.95. The molecule has 0 bridgehead atoms. The Morgan fingerprint density at radius 1 is 1.33 bits per heavy atom. The molecule has 2 heterocycles. The lowest BCUT2D eigenvalue weighted by Crippen LogP contribution is -2.21. The van der Waals surface area contributed by atoms with Crippen LogP contribution in [0.4, 0.5) is 5.82 Å². The minimum Gasteiger partial charge on any atom is -0.354 e. The van der Waals surface area contributed by atoms with Gasteiger partial charge in [0.2, 0.25) is 5.91 Å². The van der Waals surface area contributed by atoms with Crippen molar-refractivity contribution >= 4 is 29.0 Å². The number of aryl methyl sites for hydroxylation is 3. The maximum absolute atomic E-state index is 11.9. The number of hydrogen-bond donors (Lipinski definition) is 3. The van der Waals surface area contributed by atoms with Crippen LogP contribution in [-0.4, -0.2) is 34.3 Å². The summed E-state index contributed by atoms with van der Waals surface area (Å²) in [5.41, 5.74) is 1.26. The van der Waals surface area contributed by atoms with Gasteiger partial charge in [-0.2, -0.15) is 5.21 Å². The van der Waals surface area contributed by atoms with E-state index in [9.17, 15) is 9.59 Å². The van der Waals surface area contributed by atoms with Crippen LogP contribution >= 0.6 is 11.3 Å². The van der Waals surface area contributed by atoms with Crippen LogP contribution in [0.15, 0.2) is 6.07 Å². The topological polar surface area (TPSA) is 99.8 Å². The number of carbonyl (C=O) groups excluding carboxylic acids is 2. The van der Waals surface area contributed by atoms with Crippen molar-refractivity contribution in [2.24, 2.45) is 0 Å². The summed E-state index contributed by atoms with van der Waals surface area (Å²) in [5, 5.41) is 14.9. The Morgan fingerprint density at radius 2 is 2.10 bits per heavy atom. The van der Waals surface area contributed by atoms with Gasteiger partial charge in [-0.1, -0.05) is 0 Å². The van der Waals surface area contributed by atoms with Crippen molar-refractivity contribution in [2.75, 3.05) is 12.4 Å². The Labute approximate surface area is 126 Å². The molecule has 21 heavy (non-hydrogen) atoms. The molecule has 0 fully saturated rings. The second-order valence-corrected chi connectivity index (χ2v) is 6.05. The minimum atomic E-state index is -0.400. The third-order valence-electron chi connectivity index (χ3n) is 3.01. The predicted molar refractivity (Wildman–Crippen MR) is 80.5 cm³/mol. The van der Waals surface area contributed by atoms with Crippen LogP contribution in [0.5, 0.6) is 0 Å². The van der Waals surface area contributed by atoms with Gasteiger partial charge in [0.1, 0.15) is 0 Å². The molecule has 0 spiro atoms. The zero-order chi connectivity index (χ0) is 15.4. The molecule has 2 rings (SSSR count). The lowest BCUT2D eigenvalue weighted by Gasteiger charge is -2.03. The number of anilines is 1. The molecule has 0 saturated carbocycles. The molecule has 0 aliphatic carbocycles. The van der Waals surface area contributed by atoms with Gasteiger partial charge in [0.15, 0.2) is 11.5 Å². The van der Waals surface area contributed by atoms with Crippen molar-refractivity contribution in [1.82, 2.24) is 20.7 Å². The second-order valence-electron chi connectivity index (χ2n) is 4.59. The number of rotatable bonds is 5. The average molecular weight is 307 g/mol. The van der Waals surface area contributed by atoms with Crippen LogP contribution < -0.4 is 10.6 Å². The normalized spacial score (nSPS) is 10.4. The largest absolute Gasteiger partial charge is 0.354 e. The first-order valence-corrected chi connectivity index (χ1v) is 7.31. The molecule has 3 N–H and O–H groups in total. The summed E-state index contributed by atoms with van der Waals surface area (Å²) in [5.74, 6) is -0.446. The molecule has 0 aliphatic rings. The fourth-order valence-corrected chi connectivity index (χ4v) is 2.95. The number of H-pyrrole nitrogens is 1. The molecule has 0 aromatic carbocycles. The van der Waals surface area contributed by atoms with Gasteiger partial charge in [-0.3, -0.25) is 9.59 Å². The summed E-state index contributed by atoms with van der Waals surface area (Å²) in [6, 6.07) is 2.10. The number of thiophene rings is 1. The van der Waals surface area contributed by atoms with E-state index in [1.54, 1.807) is 11.3 Å². The highest BCUT2D eigenvalue weighted by Crippen LogP contribution is 2.21. The summed E-state index contributed by atoms with van der Waals surface area (Å²) in [4.78, 5) is 25.9. The van der Waals surface area contributed by atoms with Crippen molar-refractivity contribution in [3.8, 4) is 0 Å². The van der Waals surface area contributed by atoms with E-state index in [1.165, 1.54) is 22.4 Å². The Morgan fingerprint density at radius 3 is 2.71 bits per heavy atom. The third-order valence-corrected chi connectivity index (χ3v) is 4.02. The van der Waals surface area contributed by atoms with Gasteiger partial charge in [-0.25, -0.2) is 0 Å². The SMILES string of the molecule is CNC(=O)c1n[nH]nc1NC(=O)CCc1cc(C)sc1C. The zero-order valence-electron chi connectivity index (χ0n) is 12.1. The van der Waals surface area contributed by atoms with E-state index in [4.69, 9.17) is 0 Å². The molecule has 2 amide bonds. The highest BCUT2D eigenvalue weighted by molar-refractivity contribution is 7.12. The van der Waals surface area contributed by atoms with Crippen molar-refractivity contribution in [2.45, 2.75) is 26.7 Å². The lowest BCUT2D eigenvalue weighted by atomic mass is 10.1. The fourth-order valence-electron chi connectivity index (χ4n) is 1.97. The molecular weight excluding hydrogens is 290 g/mol. The molecule has 112 valence electrons. The molecular formula is C13H17N5O2S. The number of carbonyl (C=O) groups is 2. The summed E-state index contributed by atoms with van der Waals surface area (Å²) < 4.78 is 0. The van der Waals surface area contributed by atoms with Crippen molar-refractivity contribution in [3.63, 3.8) is 0 Å². The van der Waals surface area contributed by atoms with Gasteiger partial charge in [0.05, 0.1) is 0 Å². The number of amides is 2. The summed E-state index contributed by atoms with van der Waals surface area (Å²) >= 11 is 1.72. The van der Waals surface area contributed by atoms with E-state index >= 15 is 0 Å². The smallest absolute Gasteiger partial charge is 0.275 e. The number of nitrogens with zero attached hydrogens (tertiary/aromatic N) is 2. The maximum atomic E-state index is 11.9. The summed E-state index contributed by atoms with van der Waals surface area (Å²) in [7, 11) is 1.49. The molecule has 2 aromatic heterocycles. The number of nitrogens with one attached hydrogen (secondary N) is 3. The van der Waals surface area contributed by atoms with Gasteiger partial charge >= 0.3 is 0 Å². The minimum absolute atomic E-state index is 0.0772. The lowest BCUT2D eigenvalue weighted by molar-refractivity contribution is -0.116. The number of hydrogen-bond acceptors (Lipinski definition) is 5. The van der Waals surface area contributed by atoms with E-state index in [0.29, 0.717) is 12.8 Å². The van der Waals surface area contributed by atoms with Gasteiger partial charge < -0.3 is 10.6 Å². The van der Waals surface area contributed by atoms with E-state index in [2.05, 4.69) is 32.1 Å². The standard InChI is InChI=1S/C13H17N5O2S/c1-7-6-9(8(2)21-7)4-5-10(19)15-12-11(13(20)14-3)16-18-17-12/h6H,4-5H2,1-3H3,(H,14,20)(H2,15,16,17,18,19). The molecule has 0 unspecified atom stereocenters. The Hall–Kier alpha value is -2.22. The fraction of sp³-hybridized carbons (Fsp3) is 0.385. The van der Waals surface area contributed by atoms with Crippen LogP contribution in [0, 0.1) is 13.8 Å². The van der Waals surface area contributed by atoms with Gasteiger partial charge in [-0.15, -0.1) is 21.5 Å². The monoisotopic (exact) mass is 307 g/mol. The molecule has 8 heteroatoms. The quantitative estimate of drug-likeness (QED) is 0.777. The highest BCUT2D eigenvalue weighted by atomic mass is 32.1. The van der Waals surface area contributed by atoms with Crippen LogP contribution in [0.1, 0.15) is 32.2 Å². The molecule has 0 aliphatic heterocycles. The first-order valence-electron chi connectivity index (χ1n) is 6.50. The maximum Gasteiger partial charge on any atom is 0.275 e. The van der Waals surface area contributed by atoms with Gasteiger partial charge in [0.25, 0.3) is 5.91 Å². The molecule has 0 radical (unpaired) electrons. The van der Waals surface area contributed by atoms with Gasteiger partial charge in [0, 0.05) is 23.2 Å². The van der Waals surface area contributed by atoms with E-state index in [-0.39, 0.29) is 17.4 Å². The van der Waals surface area contributed by atoms with E-state index in [0.717, 1.165) is 0 Å². The van der Waals surface area contributed by atoms with Crippen molar-refractivity contribution < 1.29 is 9.59 Å². The first kappa shape index (κ1) is 15.2. The second kappa shape index (κ2) is 6.49.